The molecule has 0 aromatic heterocycles. The van der Waals surface area contributed by atoms with E-state index in [9.17, 15) is 4.79 Å². The molecule has 46 heavy (non-hydrogen) atoms. The predicted molar refractivity (Wildman–Crippen MR) is 179 cm³/mol. The lowest BCUT2D eigenvalue weighted by molar-refractivity contribution is -0.0514. The highest BCUT2D eigenvalue weighted by atomic mass is 16.6. The van der Waals surface area contributed by atoms with Gasteiger partial charge in [-0.15, -0.1) is 0 Å². The van der Waals surface area contributed by atoms with Crippen LogP contribution in [0.25, 0.3) is 0 Å². The van der Waals surface area contributed by atoms with Crippen molar-refractivity contribution >= 4 is 11.8 Å². The number of carbonyl (C=O) groups is 1. The van der Waals surface area contributed by atoms with Crippen molar-refractivity contribution in [2.24, 2.45) is 11.7 Å². The summed E-state index contributed by atoms with van der Waals surface area (Å²) in [5, 5.41) is 0. The minimum absolute atomic E-state index is 0.00290. The van der Waals surface area contributed by atoms with E-state index in [1.807, 2.05) is 40.7 Å². The van der Waals surface area contributed by atoms with Gasteiger partial charge in [0.15, 0.2) is 0 Å². The average molecular weight is 642 g/mol. The van der Waals surface area contributed by atoms with Crippen LogP contribution in [-0.2, 0) is 36.9 Å². The summed E-state index contributed by atoms with van der Waals surface area (Å²) in [6.07, 6.45) is 0.376. The predicted octanol–water partition coefficient (Wildman–Crippen LogP) is 5.36. The fraction of sp³-hybridized carbons (Fsp3) is 0.639. The summed E-state index contributed by atoms with van der Waals surface area (Å²) in [4.78, 5) is 17.3. The van der Waals surface area contributed by atoms with Crippen molar-refractivity contribution in [2.45, 2.75) is 78.0 Å². The summed E-state index contributed by atoms with van der Waals surface area (Å²) >= 11 is 0. The molecule has 2 N–H and O–H groups in total. The largest absolute Gasteiger partial charge is 0.490 e. The topological polar surface area (TPSA) is 105 Å². The summed E-state index contributed by atoms with van der Waals surface area (Å²) in [5.41, 5.74) is 10.1. The molecule has 1 amide bonds. The molecule has 10 heteroatoms. The Balaban J connectivity index is 1.52. The first kappa shape index (κ1) is 36.0. The number of benzene rings is 2. The Bertz CT molecular complexity index is 1220. The van der Waals surface area contributed by atoms with Gasteiger partial charge in [0.1, 0.15) is 18.0 Å². The summed E-state index contributed by atoms with van der Waals surface area (Å²) in [5.74, 6) is 0.885. The van der Waals surface area contributed by atoms with Crippen LogP contribution in [0.5, 0.6) is 5.75 Å². The van der Waals surface area contributed by atoms with E-state index >= 15 is 0 Å². The molecule has 0 bridgehead atoms. The van der Waals surface area contributed by atoms with Crippen molar-refractivity contribution < 1.29 is 33.2 Å². The van der Waals surface area contributed by atoms with E-state index in [2.05, 4.69) is 41.3 Å². The number of fused-ring (bicyclic) bond motifs is 1. The second-order valence-corrected chi connectivity index (χ2v) is 13.3. The van der Waals surface area contributed by atoms with E-state index in [1.54, 1.807) is 12.0 Å². The molecule has 4 rings (SSSR count). The Kier molecular flexibility index (Phi) is 13.5. The smallest absolute Gasteiger partial charge is 0.410 e. The van der Waals surface area contributed by atoms with E-state index in [0.717, 1.165) is 54.2 Å². The number of anilines is 1. The average Bonchev–Trinajstić information content (AvgIpc) is 3.03. The molecule has 1 saturated heterocycles. The van der Waals surface area contributed by atoms with E-state index in [0.29, 0.717) is 52.7 Å². The molecule has 0 spiro atoms. The first-order valence-corrected chi connectivity index (χ1v) is 16.7. The molecule has 10 nitrogen and oxygen atoms in total. The summed E-state index contributed by atoms with van der Waals surface area (Å²) < 4.78 is 35.2. The number of hydrogen-bond acceptors (Lipinski definition) is 9. The van der Waals surface area contributed by atoms with Crippen LogP contribution in [0.4, 0.5) is 10.5 Å². The maximum absolute atomic E-state index is 13.2. The number of methoxy groups -OCH3 is 1. The zero-order chi connectivity index (χ0) is 33.1. The molecule has 0 saturated carbocycles. The van der Waals surface area contributed by atoms with Gasteiger partial charge < -0.3 is 44.0 Å². The van der Waals surface area contributed by atoms with Crippen molar-refractivity contribution in [3.05, 3.63) is 59.2 Å². The fourth-order valence-electron chi connectivity index (χ4n) is 6.20. The summed E-state index contributed by atoms with van der Waals surface area (Å²) in [6.45, 7) is 16.2. The third-order valence-electron chi connectivity index (χ3n) is 8.38. The van der Waals surface area contributed by atoms with Gasteiger partial charge in [0, 0.05) is 39.3 Å². The van der Waals surface area contributed by atoms with Crippen molar-refractivity contribution in [1.29, 1.82) is 0 Å². The standard InChI is InChI=1S/C36H55N3O7/c1-7-43-26(2)23-42-24-27-9-12-29(13-10-27)34-30(20-37)21-39(35(40)46-36(3,4)5)22-33(34)45-25-28-11-14-32-31(19-28)38(16-18-44-32)15-8-17-41-6/h9-14,19,26,30,33-34H,7-8,15-18,20-25,37H2,1-6H3/t26?,30-,33+,34+/m1/s1. The first-order chi connectivity index (χ1) is 22.1. The van der Waals surface area contributed by atoms with Gasteiger partial charge in [0.2, 0.25) is 0 Å². The van der Waals surface area contributed by atoms with Crippen LogP contribution >= 0.6 is 0 Å². The first-order valence-electron chi connectivity index (χ1n) is 16.7. The number of rotatable bonds is 15. The van der Waals surface area contributed by atoms with Gasteiger partial charge in [0.25, 0.3) is 0 Å². The van der Waals surface area contributed by atoms with Gasteiger partial charge in [0.05, 0.1) is 50.8 Å². The maximum atomic E-state index is 13.2. The number of piperidine rings is 1. The van der Waals surface area contributed by atoms with Crippen LogP contribution in [0.3, 0.4) is 0 Å². The summed E-state index contributed by atoms with van der Waals surface area (Å²) in [7, 11) is 1.73. The Morgan fingerprint density at radius 2 is 1.85 bits per heavy atom. The molecule has 2 aromatic rings. The number of carbonyl (C=O) groups excluding carboxylic acids is 1. The number of likely N-dealkylation sites (tertiary alicyclic amines) is 1. The Labute approximate surface area is 275 Å². The van der Waals surface area contributed by atoms with E-state index in [-0.39, 0.29) is 30.1 Å². The van der Waals surface area contributed by atoms with Gasteiger partial charge in [-0.2, -0.15) is 0 Å². The molecule has 256 valence electrons. The van der Waals surface area contributed by atoms with Crippen molar-refractivity contribution in [1.82, 2.24) is 4.90 Å². The Morgan fingerprint density at radius 3 is 2.54 bits per heavy atom. The van der Waals surface area contributed by atoms with Gasteiger partial charge in [-0.1, -0.05) is 30.3 Å². The molecule has 1 unspecified atom stereocenters. The molecule has 0 radical (unpaired) electrons. The van der Waals surface area contributed by atoms with Crippen LogP contribution in [-0.4, -0.2) is 95.1 Å². The lowest BCUT2D eigenvalue weighted by Crippen LogP contribution is -2.54. The van der Waals surface area contributed by atoms with Gasteiger partial charge in [-0.25, -0.2) is 4.79 Å². The van der Waals surface area contributed by atoms with Gasteiger partial charge >= 0.3 is 6.09 Å². The molecule has 2 aliphatic heterocycles. The summed E-state index contributed by atoms with van der Waals surface area (Å²) in [6, 6.07) is 14.7. The molecular weight excluding hydrogens is 586 g/mol. The van der Waals surface area contributed by atoms with Crippen molar-refractivity contribution in [3.63, 3.8) is 0 Å². The molecule has 0 aliphatic carbocycles. The molecular formula is C36H55N3O7. The number of hydrogen-bond donors (Lipinski definition) is 1. The number of ether oxygens (including phenoxy) is 6. The number of amides is 1. The van der Waals surface area contributed by atoms with E-state index in [1.165, 1.54) is 0 Å². The van der Waals surface area contributed by atoms with Crippen LogP contribution < -0.4 is 15.4 Å². The lowest BCUT2D eigenvalue weighted by Gasteiger charge is -2.43. The minimum Gasteiger partial charge on any atom is -0.490 e. The number of nitrogens with two attached hydrogens (primary N) is 1. The normalized spacial score (nSPS) is 20.6. The quantitative estimate of drug-likeness (QED) is 0.258. The van der Waals surface area contributed by atoms with Crippen molar-refractivity contribution in [2.75, 3.05) is 71.2 Å². The second kappa shape index (κ2) is 17.3. The van der Waals surface area contributed by atoms with E-state index in [4.69, 9.17) is 34.2 Å². The highest BCUT2D eigenvalue weighted by Gasteiger charge is 2.41. The lowest BCUT2D eigenvalue weighted by atomic mass is 9.78. The highest BCUT2D eigenvalue weighted by Crippen LogP contribution is 2.37. The second-order valence-electron chi connectivity index (χ2n) is 13.3. The van der Waals surface area contributed by atoms with Crippen LogP contribution in [0.15, 0.2) is 42.5 Å². The Hall–Kier alpha value is -2.89. The van der Waals surface area contributed by atoms with Gasteiger partial charge in [-0.05, 0) is 82.3 Å². The van der Waals surface area contributed by atoms with Gasteiger partial charge in [-0.3, -0.25) is 0 Å². The third-order valence-corrected chi connectivity index (χ3v) is 8.38. The third kappa shape index (κ3) is 10.3. The van der Waals surface area contributed by atoms with Crippen LogP contribution in [0.2, 0.25) is 0 Å². The zero-order valence-corrected chi connectivity index (χ0v) is 28.7. The Morgan fingerprint density at radius 1 is 1.09 bits per heavy atom. The maximum Gasteiger partial charge on any atom is 0.410 e. The SMILES string of the molecule is CCOC(C)COCc1ccc([C@H]2[C@H](CN)CN(C(=O)OC(C)(C)C)C[C@@H]2OCc2ccc3c(c2)N(CCCOC)CCO3)cc1. The zero-order valence-electron chi connectivity index (χ0n) is 28.7. The molecule has 2 aliphatic rings. The molecule has 1 fully saturated rings. The molecule has 2 aromatic carbocycles. The minimum atomic E-state index is -0.596. The fourth-order valence-corrected chi connectivity index (χ4v) is 6.20. The van der Waals surface area contributed by atoms with Crippen LogP contribution in [0.1, 0.15) is 63.6 Å². The van der Waals surface area contributed by atoms with E-state index < -0.39 is 5.60 Å². The highest BCUT2D eigenvalue weighted by molar-refractivity contribution is 5.68. The molecule has 2 heterocycles. The van der Waals surface area contributed by atoms with Crippen LogP contribution in [0, 0.1) is 5.92 Å². The van der Waals surface area contributed by atoms with Crippen molar-refractivity contribution in [3.8, 4) is 5.75 Å². The number of nitrogens with zero attached hydrogens (tertiary/aromatic N) is 2. The monoisotopic (exact) mass is 641 g/mol. The molecule has 4 atom stereocenters.